The van der Waals surface area contributed by atoms with Gasteiger partial charge < -0.3 is 0 Å². The lowest BCUT2D eigenvalue weighted by molar-refractivity contribution is 0.602. The summed E-state index contributed by atoms with van der Waals surface area (Å²) in [6, 6.07) is 1.59. The number of nitrogens with zero attached hydrogens (tertiary/aromatic N) is 2. The van der Waals surface area contributed by atoms with Gasteiger partial charge in [-0.15, -0.1) is 0 Å². The van der Waals surface area contributed by atoms with Gasteiger partial charge in [-0.3, -0.25) is 4.57 Å². The largest absolute Gasteiger partial charge is 0.268 e. The molecule has 4 heteroatoms. The van der Waals surface area contributed by atoms with Crippen LogP contribution in [0, 0.1) is 0 Å². The highest BCUT2D eigenvalue weighted by molar-refractivity contribution is 7.33. The Morgan fingerprint density at radius 1 is 1.62 bits per heavy atom. The van der Waals surface area contributed by atoms with Gasteiger partial charge >= 0.3 is 0 Å². The second-order valence-corrected chi connectivity index (χ2v) is 1.80. The van der Waals surface area contributed by atoms with E-state index >= 15 is 0 Å². The van der Waals surface area contributed by atoms with Crippen molar-refractivity contribution in [3.8, 4) is 0 Å². The van der Waals surface area contributed by atoms with Crippen LogP contribution in [0.1, 0.15) is 0 Å². The lowest BCUT2D eigenvalue weighted by atomic mass is 10.7. The Kier molecular flexibility index (Phi) is 1.65. The standard InChI is InChI=1S/C4H3N2OP/c7-8-4-1-2-5-3-6-4/h1-3H. The summed E-state index contributed by atoms with van der Waals surface area (Å²) in [5, 5.41) is 0. The fourth-order valence-electron chi connectivity index (χ4n) is 0.338. The maximum absolute atomic E-state index is 10.0. The smallest absolute Gasteiger partial charge is 0.212 e. The molecule has 1 aromatic heterocycles. The molecule has 3 nitrogen and oxygen atoms in total. The summed E-state index contributed by atoms with van der Waals surface area (Å²) < 4.78 is 10.0. The molecule has 0 atom stereocenters. The van der Waals surface area contributed by atoms with Crippen LogP contribution in [0.2, 0.25) is 0 Å². The third-order valence-electron chi connectivity index (χ3n) is 0.660. The van der Waals surface area contributed by atoms with Gasteiger partial charge in [-0.1, -0.05) is 0 Å². The molecule has 0 radical (unpaired) electrons. The van der Waals surface area contributed by atoms with Crippen molar-refractivity contribution >= 4 is 13.9 Å². The number of hydrogen-bond donors (Lipinski definition) is 0. The highest BCUT2D eigenvalue weighted by Gasteiger charge is 1.84. The molecule has 1 heterocycles. The Labute approximate surface area is 48.0 Å². The van der Waals surface area contributed by atoms with E-state index in [0.717, 1.165) is 0 Å². The molecule has 0 saturated heterocycles. The zero-order chi connectivity index (χ0) is 5.82. The molecule has 0 aliphatic heterocycles. The Morgan fingerprint density at radius 2 is 2.50 bits per heavy atom. The summed E-state index contributed by atoms with van der Waals surface area (Å²) >= 11 is 0. The Morgan fingerprint density at radius 3 is 2.88 bits per heavy atom. The van der Waals surface area contributed by atoms with Crippen molar-refractivity contribution in [2.75, 3.05) is 0 Å². The minimum absolute atomic E-state index is 0.0517. The topological polar surface area (TPSA) is 42.9 Å². The van der Waals surface area contributed by atoms with Crippen LogP contribution >= 0.6 is 8.46 Å². The van der Waals surface area contributed by atoms with E-state index < -0.39 is 0 Å². The van der Waals surface area contributed by atoms with Gasteiger partial charge in [-0.25, -0.2) is 9.97 Å². The van der Waals surface area contributed by atoms with Gasteiger partial charge in [-0.05, 0) is 6.07 Å². The van der Waals surface area contributed by atoms with Crippen LogP contribution in [-0.4, -0.2) is 9.97 Å². The van der Waals surface area contributed by atoms with Crippen LogP contribution < -0.4 is 5.44 Å². The third-order valence-corrected chi connectivity index (χ3v) is 1.11. The van der Waals surface area contributed by atoms with Gasteiger partial charge in [0.15, 0.2) is 0 Å². The molecule has 0 N–H and O–H groups in total. The van der Waals surface area contributed by atoms with Crippen LogP contribution in [-0.2, 0) is 4.57 Å². The van der Waals surface area contributed by atoms with Crippen molar-refractivity contribution in [2.45, 2.75) is 0 Å². The lowest BCUT2D eigenvalue weighted by Gasteiger charge is -1.79. The fraction of sp³-hybridized carbons (Fsp3) is 0. The first kappa shape index (κ1) is 5.32. The molecule has 0 saturated carbocycles. The Balaban J connectivity index is 2.99. The molecule has 0 aromatic carbocycles. The van der Waals surface area contributed by atoms with Gasteiger partial charge in [-0.2, -0.15) is 0 Å². The average molecular weight is 126 g/mol. The molecule has 1 rings (SSSR count). The molecule has 0 aliphatic rings. The van der Waals surface area contributed by atoms with Crippen LogP contribution in [0.15, 0.2) is 18.6 Å². The number of hydrogen-bond acceptors (Lipinski definition) is 3. The highest BCUT2D eigenvalue weighted by Crippen LogP contribution is 1.86. The summed E-state index contributed by atoms with van der Waals surface area (Å²) in [5.41, 5.74) is 0.514. The molecular formula is C4H3N2OP. The van der Waals surface area contributed by atoms with Crippen molar-refractivity contribution in [3.05, 3.63) is 18.6 Å². The lowest BCUT2D eigenvalue weighted by Crippen LogP contribution is -1.95. The first-order chi connectivity index (χ1) is 3.93. The van der Waals surface area contributed by atoms with Gasteiger partial charge in [0, 0.05) is 6.20 Å². The predicted molar refractivity (Wildman–Crippen MR) is 29.3 cm³/mol. The van der Waals surface area contributed by atoms with E-state index in [2.05, 4.69) is 9.97 Å². The van der Waals surface area contributed by atoms with E-state index in [4.69, 9.17) is 0 Å². The first-order valence-corrected chi connectivity index (χ1v) is 2.84. The van der Waals surface area contributed by atoms with Crippen molar-refractivity contribution in [2.24, 2.45) is 0 Å². The Bertz CT molecular complexity index is 177. The van der Waals surface area contributed by atoms with Gasteiger partial charge in [0.2, 0.25) is 8.46 Å². The maximum atomic E-state index is 10.0. The van der Waals surface area contributed by atoms with E-state index in [1.54, 1.807) is 12.3 Å². The molecule has 0 fully saturated rings. The predicted octanol–water partition coefficient (Wildman–Crippen LogP) is 0.394. The first-order valence-electron chi connectivity index (χ1n) is 2.03. The summed E-state index contributed by atoms with van der Waals surface area (Å²) in [5.74, 6) is 0. The van der Waals surface area contributed by atoms with Gasteiger partial charge in [0.1, 0.15) is 11.8 Å². The van der Waals surface area contributed by atoms with E-state index in [0.29, 0.717) is 5.44 Å². The minimum atomic E-state index is -0.0517. The van der Waals surface area contributed by atoms with Gasteiger partial charge in [0.05, 0.1) is 0 Å². The zero-order valence-electron chi connectivity index (χ0n) is 3.98. The van der Waals surface area contributed by atoms with E-state index in [1.165, 1.54) is 6.33 Å². The minimum Gasteiger partial charge on any atom is -0.268 e. The average Bonchev–Trinajstić information content (AvgIpc) is 1.90. The fourth-order valence-corrected chi connectivity index (χ4v) is 0.564. The van der Waals surface area contributed by atoms with Crippen LogP contribution in [0.25, 0.3) is 0 Å². The maximum Gasteiger partial charge on any atom is 0.212 e. The monoisotopic (exact) mass is 126 g/mol. The molecule has 8 heavy (non-hydrogen) atoms. The van der Waals surface area contributed by atoms with E-state index in [1.807, 2.05) is 0 Å². The molecular weight excluding hydrogens is 123 g/mol. The quantitative estimate of drug-likeness (QED) is 0.511. The number of rotatable bonds is 1. The molecule has 0 spiro atoms. The molecule has 1 aromatic rings. The van der Waals surface area contributed by atoms with E-state index in [9.17, 15) is 4.57 Å². The Hall–Kier alpha value is -0.820. The zero-order valence-corrected chi connectivity index (χ0v) is 4.88. The SMILES string of the molecule is O=Pc1ccncn1. The van der Waals surface area contributed by atoms with Crippen molar-refractivity contribution < 1.29 is 4.57 Å². The van der Waals surface area contributed by atoms with Crippen LogP contribution in [0.5, 0.6) is 0 Å². The molecule has 0 bridgehead atoms. The number of aromatic nitrogens is 2. The van der Waals surface area contributed by atoms with E-state index in [-0.39, 0.29) is 8.46 Å². The molecule has 40 valence electrons. The van der Waals surface area contributed by atoms with Crippen molar-refractivity contribution in [1.29, 1.82) is 0 Å². The summed E-state index contributed by atoms with van der Waals surface area (Å²) in [6.07, 6.45) is 2.91. The summed E-state index contributed by atoms with van der Waals surface area (Å²) in [4.78, 5) is 7.30. The van der Waals surface area contributed by atoms with Gasteiger partial charge in [0.25, 0.3) is 0 Å². The summed E-state index contributed by atoms with van der Waals surface area (Å²) in [7, 11) is -0.0517. The van der Waals surface area contributed by atoms with Crippen molar-refractivity contribution in [1.82, 2.24) is 9.97 Å². The summed E-state index contributed by atoms with van der Waals surface area (Å²) in [6.45, 7) is 0. The van der Waals surface area contributed by atoms with Crippen molar-refractivity contribution in [3.63, 3.8) is 0 Å². The highest BCUT2D eigenvalue weighted by atomic mass is 31.1. The van der Waals surface area contributed by atoms with Crippen LogP contribution in [0.3, 0.4) is 0 Å². The second kappa shape index (κ2) is 2.48. The second-order valence-electron chi connectivity index (χ2n) is 1.16. The molecule has 0 aliphatic carbocycles. The third kappa shape index (κ3) is 1.07. The van der Waals surface area contributed by atoms with Crippen LogP contribution in [0.4, 0.5) is 0 Å². The normalized spacial score (nSPS) is 9.50. The molecule has 0 amide bonds. The molecule has 0 unspecified atom stereocenters.